The van der Waals surface area contributed by atoms with Crippen LogP contribution >= 0.6 is 11.8 Å². The van der Waals surface area contributed by atoms with Crippen molar-refractivity contribution in [2.24, 2.45) is 0 Å². The summed E-state index contributed by atoms with van der Waals surface area (Å²) in [5.41, 5.74) is 1.54. The van der Waals surface area contributed by atoms with E-state index >= 15 is 0 Å². The third-order valence-corrected chi connectivity index (χ3v) is 10.4. The van der Waals surface area contributed by atoms with E-state index in [0.29, 0.717) is 18.4 Å². The van der Waals surface area contributed by atoms with Crippen LogP contribution < -0.4 is 9.64 Å². The summed E-state index contributed by atoms with van der Waals surface area (Å²) in [6, 6.07) is 13.2. The highest BCUT2D eigenvalue weighted by atomic mass is 32.2. The summed E-state index contributed by atoms with van der Waals surface area (Å²) in [7, 11) is -3.82. The molecular weight excluding hydrogens is 530 g/mol. The van der Waals surface area contributed by atoms with Crippen LogP contribution in [-0.2, 0) is 9.84 Å². The molecular formula is C30H39N3O4S2. The molecule has 3 aromatic rings. The Morgan fingerprint density at radius 2 is 1.85 bits per heavy atom. The zero-order valence-electron chi connectivity index (χ0n) is 22.9. The number of aliphatic hydroxyl groups excluding tert-OH is 1. The van der Waals surface area contributed by atoms with Crippen molar-refractivity contribution in [2.45, 2.75) is 72.3 Å². The van der Waals surface area contributed by atoms with Gasteiger partial charge >= 0.3 is 0 Å². The number of hydrogen-bond acceptors (Lipinski definition) is 8. The molecule has 39 heavy (non-hydrogen) atoms. The van der Waals surface area contributed by atoms with Crippen LogP contribution in [0.3, 0.4) is 0 Å². The minimum atomic E-state index is -3.82. The van der Waals surface area contributed by atoms with Gasteiger partial charge in [0, 0.05) is 42.2 Å². The predicted molar refractivity (Wildman–Crippen MR) is 158 cm³/mol. The Morgan fingerprint density at radius 1 is 1.08 bits per heavy atom. The summed E-state index contributed by atoms with van der Waals surface area (Å²) >= 11 is 1.64. The second-order valence-corrected chi connectivity index (χ2v) is 13.3. The minimum Gasteiger partial charge on any atom is -0.494 e. The highest BCUT2D eigenvalue weighted by Gasteiger charge is 2.32. The maximum Gasteiger partial charge on any atom is 0.210 e. The quantitative estimate of drug-likeness (QED) is 0.271. The second-order valence-electron chi connectivity index (χ2n) is 10.5. The molecule has 5 rings (SSSR count). The molecule has 1 unspecified atom stereocenters. The van der Waals surface area contributed by atoms with Crippen LogP contribution in [0.5, 0.6) is 5.75 Å². The Kier molecular flexibility index (Phi) is 9.01. The number of thioether (sulfide) groups is 1. The van der Waals surface area contributed by atoms with Crippen LogP contribution in [0, 0.1) is 0 Å². The van der Waals surface area contributed by atoms with E-state index in [2.05, 4.69) is 27.8 Å². The largest absolute Gasteiger partial charge is 0.494 e. The number of anilines is 1. The van der Waals surface area contributed by atoms with Crippen molar-refractivity contribution < 1.29 is 18.3 Å². The van der Waals surface area contributed by atoms with Gasteiger partial charge in [-0.05, 0) is 87.4 Å². The van der Waals surface area contributed by atoms with Crippen molar-refractivity contribution >= 4 is 38.2 Å². The topological polar surface area (TPSA) is 83.0 Å². The number of benzene rings is 2. The fourth-order valence-electron chi connectivity index (χ4n) is 5.74. The van der Waals surface area contributed by atoms with E-state index in [-0.39, 0.29) is 15.9 Å². The van der Waals surface area contributed by atoms with E-state index in [1.807, 2.05) is 18.4 Å². The summed E-state index contributed by atoms with van der Waals surface area (Å²) < 4.78 is 33.9. The highest BCUT2D eigenvalue weighted by Crippen LogP contribution is 2.39. The van der Waals surface area contributed by atoms with Crippen LogP contribution in [0.25, 0.3) is 10.9 Å². The van der Waals surface area contributed by atoms with Crippen molar-refractivity contribution in [1.82, 2.24) is 9.88 Å². The number of ether oxygens (including phenoxy) is 1. The van der Waals surface area contributed by atoms with Gasteiger partial charge in [-0.15, -0.1) is 11.8 Å². The Labute approximate surface area is 236 Å². The molecule has 0 spiro atoms. The molecule has 0 saturated carbocycles. The Bertz CT molecular complexity index is 1370. The maximum atomic E-state index is 14.1. The molecule has 9 heteroatoms. The fourth-order valence-corrected chi connectivity index (χ4v) is 7.61. The van der Waals surface area contributed by atoms with E-state index in [1.165, 1.54) is 6.20 Å². The molecule has 7 nitrogen and oxygen atoms in total. The second kappa shape index (κ2) is 12.5. The molecule has 0 bridgehead atoms. The Hall–Kier alpha value is -2.33. The first-order chi connectivity index (χ1) is 18.9. The van der Waals surface area contributed by atoms with Gasteiger partial charge in [0.15, 0.2) is 0 Å². The maximum absolute atomic E-state index is 14.1. The van der Waals surface area contributed by atoms with Crippen LogP contribution in [0.2, 0.25) is 0 Å². The number of fused-ring (bicyclic) bond motifs is 1. The number of pyridine rings is 1. The zero-order chi connectivity index (χ0) is 27.4. The van der Waals surface area contributed by atoms with Crippen LogP contribution in [0.4, 0.5) is 5.69 Å². The number of aliphatic hydroxyl groups is 1. The predicted octanol–water partition coefficient (Wildman–Crippen LogP) is 5.39. The van der Waals surface area contributed by atoms with Crippen molar-refractivity contribution in [1.29, 1.82) is 0 Å². The van der Waals surface area contributed by atoms with Crippen molar-refractivity contribution in [2.75, 3.05) is 43.9 Å². The zero-order valence-corrected chi connectivity index (χ0v) is 24.5. The highest BCUT2D eigenvalue weighted by molar-refractivity contribution is 7.98. The number of hydrogen-bond donors (Lipinski definition) is 1. The normalized spacial score (nSPS) is 19.5. The van der Waals surface area contributed by atoms with Gasteiger partial charge in [0.1, 0.15) is 10.6 Å². The van der Waals surface area contributed by atoms with E-state index in [9.17, 15) is 13.5 Å². The third-order valence-electron chi connectivity index (χ3n) is 7.93. The average Bonchev–Trinajstić information content (AvgIpc) is 2.96. The molecule has 3 heterocycles. The molecule has 2 saturated heterocycles. The first-order valence-corrected chi connectivity index (χ1v) is 16.7. The molecule has 0 radical (unpaired) electrons. The molecule has 2 fully saturated rings. The van der Waals surface area contributed by atoms with Gasteiger partial charge in [-0.2, -0.15) is 0 Å². The third kappa shape index (κ3) is 6.21. The lowest BCUT2D eigenvalue weighted by Gasteiger charge is -2.42. The van der Waals surface area contributed by atoms with Crippen molar-refractivity contribution in [3.8, 4) is 5.75 Å². The molecule has 1 aromatic heterocycles. The van der Waals surface area contributed by atoms with Gasteiger partial charge in [0.25, 0.3) is 0 Å². The lowest BCUT2D eigenvalue weighted by Crippen LogP contribution is -2.49. The number of aromatic nitrogens is 1. The Balaban J connectivity index is 1.48. The van der Waals surface area contributed by atoms with Crippen LogP contribution in [0.1, 0.15) is 45.4 Å². The molecule has 2 aliphatic rings. The van der Waals surface area contributed by atoms with Gasteiger partial charge in [0.05, 0.1) is 28.8 Å². The van der Waals surface area contributed by atoms with E-state index in [4.69, 9.17) is 4.74 Å². The van der Waals surface area contributed by atoms with Crippen molar-refractivity contribution in [3.63, 3.8) is 0 Å². The number of unbranched alkanes of at least 4 members (excludes halogenated alkanes) is 1. The SMILES string of the molecule is CCCCOc1ccc(S(=O)(=O)c2cnc3ccc(SC)cc3c2N2CCC(N3CCCC(O)C3)CC2)cc1. The summed E-state index contributed by atoms with van der Waals surface area (Å²) in [4.78, 5) is 10.8. The van der Waals surface area contributed by atoms with Gasteiger partial charge in [0.2, 0.25) is 9.84 Å². The van der Waals surface area contributed by atoms with Crippen molar-refractivity contribution in [3.05, 3.63) is 48.7 Å². The summed E-state index contributed by atoms with van der Waals surface area (Å²) in [6.07, 6.45) is 9.08. The van der Waals surface area contributed by atoms with Gasteiger partial charge < -0.3 is 14.7 Å². The van der Waals surface area contributed by atoms with E-state index in [1.54, 1.807) is 36.0 Å². The molecule has 1 N–H and O–H groups in total. The number of rotatable bonds is 9. The van der Waals surface area contributed by atoms with Gasteiger partial charge in [-0.25, -0.2) is 8.42 Å². The minimum absolute atomic E-state index is 0.242. The number of sulfone groups is 1. The first kappa shape index (κ1) is 28.2. The smallest absolute Gasteiger partial charge is 0.210 e. The monoisotopic (exact) mass is 569 g/mol. The molecule has 2 aromatic carbocycles. The van der Waals surface area contributed by atoms with Gasteiger partial charge in [-0.3, -0.25) is 9.88 Å². The number of nitrogens with zero attached hydrogens (tertiary/aromatic N) is 3. The lowest BCUT2D eigenvalue weighted by atomic mass is 9.98. The van der Waals surface area contributed by atoms with Crippen LogP contribution in [-0.4, -0.2) is 74.6 Å². The molecule has 1 atom stereocenters. The van der Waals surface area contributed by atoms with Gasteiger partial charge in [-0.1, -0.05) is 13.3 Å². The van der Waals surface area contributed by atoms with Crippen LogP contribution in [0.15, 0.2) is 63.3 Å². The standard InChI is InChI=1S/C30H39N3O4S2/c1-3-4-18-37-24-7-10-26(11-8-24)39(35,36)29-20-31-28-12-9-25(38-2)19-27(28)30(29)32-16-13-22(14-17-32)33-15-5-6-23(34)21-33/h7-12,19-20,22-23,34H,3-6,13-18,21H2,1-2H3. The molecule has 2 aliphatic heterocycles. The summed E-state index contributed by atoms with van der Waals surface area (Å²) in [5, 5.41) is 11.0. The van der Waals surface area contributed by atoms with E-state index in [0.717, 1.165) is 86.2 Å². The number of piperidine rings is 2. The number of β-amino-alcohol motifs (C(OH)–C–C–N with tert-alkyl or cyclic N) is 1. The Morgan fingerprint density at radius 3 is 2.54 bits per heavy atom. The average molecular weight is 570 g/mol. The summed E-state index contributed by atoms with van der Waals surface area (Å²) in [6.45, 7) is 5.99. The molecule has 0 amide bonds. The van der Waals surface area contributed by atoms with E-state index < -0.39 is 9.84 Å². The molecule has 210 valence electrons. The fraction of sp³-hybridized carbons (Fsp3) is 0.500. The lowest BCUT2D eigenvalue weighted by molar-refractivity contribution is 0.0398. The number of likely N-dealkylation sites (tertiary alicyclic amines) is 1. The molecule has 0 aliphatic carbocycles. The summed E-state index contributed by atoms with van der Waals surface area (Å²) in [5.74, 6) is 0.675. The first-order valence-electron chi connectivity index (χ1n) is 14.0.